The molecule has 1 heterocycles. The Hall–Kier alpha value is -1.39. The van der Waals surface area contributed by atoms with E-state index in [0.717, 1.165) is 21.1 Å². The van der Waals surface area contributed by atoms with Crippen LogP contribution in [0.15, 0.2) is 40.9 Å². The van der Waals surface area contributed by atoms with Crippen molar-refractivity contribution in [2.45, 2.75) is 12.8 Å². The third-order valence-electron chi connectivity index (χ3n) is 3.22. The van der Waals surface area contributed by atoms with Crippen molar-refractivity contribution in [3.63, 3.8) is 0 Å². The van der Waals surface area contributed by atoms with Gasteiger partial charge in [0.2, 0.25) is 0 Å². The molecule has 2 nitrogen and oxygen atoms in total. The summed E-state index contributed by atoms with van der Waals surface area (Å²) in [5, 5.41) is 0. The predicted octanol–water partition coefficient (Wildman–Crippen LogP) is 4.97. The Morgan fingerprint density at radius 1 is 1.30 bits per heavy atom. The normalized spacial score (nSPS) is 11.2. The van der Waals surface area contributed by atoms with Crippen LogP contribution >= 0.6 is 27.5 Å². The van der Waals surface area contributed by atoms with Gasteiger partial charge in [0, 0.05) is 4.47 Å². The van der Waals surface area contributed by atoms with Gasteiger partial charge in [-0.05, 0) is 36.8 Å². The number of para-hydroxylation sites is 1. The van der Waals surface area contributed by atoms with Gasteiger partial charge in [-0.3, -0.25) is 4.57 Å². The monoisotopic (exact) mass is 352 g/mol. The fraction of sp³-hybridized carbons (Fsp3) is 0.133. The predicted molar refractivity (Wildman–Crippen MR) is 83.0 cm³/mol. The first kappa shape index (κ1) is 13.6. The topological polar surface area (TPSA) is 17.8 Å². The zero-order chi connectivity index (χ0) is 14.3. The summed E-state index contributed by atoms with van der Waals surface area (Å²) < 4.78 is 17.0. The standard InChI is InChI=1S/C15H11BrClFN2/c1-9-3-2-4-11(18)15(9)20-13-7-10(16)5-6-12(13)19-14(20)8-17/h2-7H,8H2,1H3. The summed E-state index contributed by atoms with van der Waals surface area (Å²) in [6, 6.07) is 10.7. The highest BCUT2D eigenvalue weighted by atomic mass is 79.9. The molecule has 1 aromatic heterocycles. The van der Waals surface area contributed by atoms with Crippen LogP contribution in [0.3, 0.4) is 0 Å². The van der Waals surface area contributed by atoms with Crippen molar-refractivity contribution < 1.29 is 4.39 Å². The van der Waals surface area contributed by atoms with Gasteiger partial charge in [-0.2, -0.15) is 0 Å². The minimum absolute atomic E-state index is 0.222. The summed E-state index contributed by atoms with van der Waals surface area (Å²) in [7, 11) is 0. The van der Waals surface area contributed by atoms with Gasteiger partial charge >= 0.3 is 0 Å². The van der Waals surface area contributed by atoms with Gasteiger partial charge < -0.3 is 0 Å². The first-order valence-corrected chi connectivity index (χ1v) is 7.43. The summed E-state index contributed by atoms with van der Waals surface area (Å²) in [4.78, 5) is 4.47. The Kier molecular flexibility index (Phi) is 3.52. The molecule has 0 unspecified atom stereocenters. The maximum atomic E-state index is 14.3. The van der Waals surface area contributed by atoms with Crippen molar-refractivity contribution in [3.05, 3.63) is 58.1 Å². The van der Waals surface area contributed by atoms with E-state index < -0.39 is 0 Å². The fourth-order valence-electron chi connectivity index (χ4n) is 2.34. The van der Waals surface area contributed by atoms with Crippen LogP contribution in [0.5, 0.6) is 0 Å². The van der Waals surface area contributed by atoms with E-state index in [9.17, 15) is 4.39 Å². The van der Waals surface area contributed by atoms with E-state index in [4.69, 9.17) is 11.6 Å². The average Bonchev–Trinajstić information content (AvgIpc) is 2.77. The number of aromatic nitrogens is 2. The molecule has 102 valence electrons. The van der Waals surface area contributed by atoms with E-state index in [1.807, 2.05) is 31.2 Å². The third kappa shape index (κ3) is 2.13. The number of halogens is 3. The van der Waals surface area contributed by atoms with Crippen molar-refractivity contribution >= 4 is 38.6 Å². The maximum absolute atomic E-state index is 14.3. The van der Waals surface area contributed by atoms with Gasteiger partial charge in [-0.25, -0.2) is 9.37 Å². The van der Waals surface area contributed by atoms with Gasteiger partial charge in [-0.15, -0.1) is 11.6 Å². The second-order valence-electron chi connectivity index (χ2n) is 4.54. The molecule has 0 aliphatic heterocycles. The number of hydrogen-bond acceptors (Lipinski definition) is 1. The molecule has 0 spiro atoms. The van der Waals surface area contributed by atoms with Gasteiger partial charge in [0.25, 0.3) is 0 Å². The van der Waals surface area contributed by atoms with E-state index in [-0.39, 0.29) is 11.7 Å². The Balaban J connectivity index is 2.42. The minimum Gasteiger partial charge on any atom is -0.292 e. The third-order valence-corrected chi connectivity index (χ3v) is 3.95. The Morgan fingerprint density at radius 2 is 2.10 bits per heavy atom. The highest BCUT2D eigenvalue weighted by Gasteiger charge is 2.16. The summed E-state index contributed by atoms with van der Waals surface area (Å²) in [6.45, 7) is 1.88. The molecule has 0 bridgehead atoms. The lowest BCUT2D eigenvalue weighted by molar-refractivity contribution is 0.616. The van der Waals surface area contributed by atoms with E-state index in [1.54, 1.807) is 10.6 Å². The number of benzene rings is 2. The molecule has 5 heteroatoms. The first-order chi connectivity index (χ1) is 9.61. The lowest BCUT2D eigenvalue weighted by atomic mass is 10.2. The van der Waals surface area contributed by atoms with Crippen LogP contribution in [0.2, 0.25) is 0 Å². The van der Waals surface area contributed by atoms with E-state index in [0.29, 0.717) is 11.5 Å². The lowest BCUT2D eigenvalue weighted by Crippen LogP contribution is -2.04. The van der Waals surface area contributed by atoms with E-state index in [1.165, 1.54) is 6.07 Å². The van der Waals surface area contributed by atoms with Crippen LogP contribution in [-0.2, 0) is 5.88 Å². The minimum atomic E-state index is -0.282. The first-order valence-electron chi connectivity index (χ1n) is 6.10. The number of hydrogen-bond donors (Lipinski definition) is 0. The average molecular weight is 354 g/mol. The second kappa shape index (κ2) is 5.19. The number of alkyl halides is 1. The zero-order valence-corrected chi connectivity index (χ0v) is 13.0. The molecule has 0 fully saturated rings. The van der Waals surface area contributed by atoms with E-state index in [2.05, 4.69) is 20.9 Å². The summed E-state index contributed by atoms with van der Waals surface area (Å²) in [5.41, 5.74) is 2.98. The highest BCUT2D eigenvalue weighted by molar-refractivity contribution is 9.10. The Labute approximate surface area is 129 Å². The van der Waals surface area contributed by atoms with Gasteiger partial charge in [0.1, 0.15) is 11.6 Å². The smallest absolute Gasteiger partial charge is 0.147 e. The number of fused-ring (bicyclic) bond motifs is 1. The molecule has 0 radical (unpaired) electrons. The fourth-order valence-corrected chi connectivity index (χ4v) is 2.87. The van der Waals surface area contributed by atoms with Gasteiger partial charge in [-0.1, -0.05) is 28.1 Å². The maximum Gasteiger partial charge on any atom is 0.147 e. The van der Waals surface area contributed by atoms with Crippen molar-refractivity contribution in [1.29, 1.82) is 0 Å². The number of nitrogens with zero attached hydrogens (tertiary/aromatic N) is 2. The Bertz CT molecular complexity index is 778. The number of imidazole rings is 1. The highest BCUT2D eigenvalue weighted by Crippen LogP contribution is 2.28. The molecule has 0 aliphatic carbocycles. The largest absolute Gasteiger partial charge is 0.292 e. The van der Waals surface area contributed by atoms with Gasteiger partial charge in [0.05, 0.1) is 22.6 Å². The van der Waals surface area contributed by atoms with Crippen LogP contribution in [-0.4, -0.2) is 9.55 Å². The van der Waals surface area contributed by atoms with Gasteiger partial charge in [0.15, 0.2) is 0 Å². The molecular formula is C15H11BrClFN2. The number of rotatable bonds is 2. The van der Waals surface area contributed by atoms with Crippen LogP contribution in [0.25, 0.3) is 16.7 Å². The van der Waals surface area contributed by atoms with Crippen molar-refractivity contribution in [3.8, 4) is 5.69 Å². The molecule has 0 N–H and O–H groups in total. The summed E-state index contributed by atoms with van der Waals surface area (Å²) >= 11 is 9.42. The van der Waals surface area contributed by atoms with E-state index >= 15 is 0 Å². The number of aryl methyl sites for hydroxylation is 1. The summed E-state index contributed by atoms with van der Waals surface area (Å²) in [5.74, 6) is 0.573. The van der Waals surface area contributed by atoms with Crippen molar-refractivity contribution in [2.24, 2.45) is 0 Å². The molecule has 0 aliphatic rings. The molecule has 0 saturated carbocycles. The lowest BCUT2D eigenvalue weighted by Gasteiger charge is -2.12. The molecule has 0 atom stereocenters. The van der Waals surface area contributed by atoms with Crippen molar-refractivity contribution in [1.82, 2.24) is 9.55 Å². The van der Waals surface area contributed by atoms with Crippen molar-refractivity contribution in [2.75, 3.05) is 0 Å². The molecule has 0 saturated heterocycles. The molecule has 0 amide bonds. The molecular weight excluding hydrogens is 343 g/mol. The van der Waals surface area contributed by atoms with Crippen LogP contribution in [0, 0.1) is 12.7 Å². The SMILES string of the molecule is Cc1cccc(F)c1-n1c(CCl)nc2ccc(Br)cc21. The summed E-state index contributed by atoms with van der Waals surface area (Å²) in [6.07, 6.45) is 0. The quantitative estimate of drug-likeness (QED) is 0.594. The second-order valence-corrected chi connectivity index (χ2v) is 5.72. The molecule has 3 rings (SSSR count). The molecule has 3 aromatic rings. The van der Waals surface area contributed by atoms with Crippen LogP contribution in [0.4, 0.5) is 4.39 Å². The zero-order valence-electron chi connectivity index (χ0n) is 10.7. The molecule has 20 heavy (non-hydrogen) atoms. The van der Waals surface area contributed by atoms with Crippen LogP contribution in [0.1, 0.15) is 11.4 Å². The van der Waals surface area contributed by atoms with Crippen LogP contribution < -0.4 is 0 Å². The Morgan fingerprint density at radius 3 is 2.80 bits per heavy atom. The molecule has 2 aromatic carbocycles.